The van der Waals surface area contributed by atoms with Crippen LogP contribution in [0.25, 0.3) is 0 Å². The Morgan fingerprint density at radius 2 is 1.79 bits per heavy atom. The van der Waals surface area contributed by atoms with E-state index in [1.807, 2.05) is 0 Å². The van der Waals surface area contributed by atoms with Crippen molar-refractivity contribution in [2.75, 3.05) is 6.26 Å². The number of ether oxygens (including phenoxy) is 1. The molecule has 1 fully saturated rings. The number of hydrogen-bond donors (Lipinski definition) is 2. The summed E-state index contributed by atoms with van der Waals surface area (Å²) in [6, 6.07) is -0.00434. The maximum Gasteiger partial charge on any atom is 0.408 e. The molecule has 0 aliphatic heterocycles. The SMILES string of the molecule is CC(C)(C)OC(=O)NC1(S(C)(=O)=O)CCC(N)CC1. The Kier molecular flexibility index (Phi) is 4.51. The summed E-state index contributed by atoms with van der Waals surface area (Å²) in [6.07, 6.45) is 2.24. The van der Waals surface area contributed by atoms with E-state index >= 15 is 0 Å². The standard InChI is InChI=1S/C12H24N2O4S/c1-11(2,3)18-10(15)14-12(19(4,16)17)7-5-9(13)6-8-12/h9H,5-8,13H2,1-4H3,(H,14,15). The van der Waals surface area contributed by atoms with Gasteiger partial charge >= 0.3 is 6.09 Å². The van der Waals surface area contributed by atoms with E-state index in [1.54, 1.807) is 20.8 Å². The van der Waals surface area contributed by atoms with Crippen molar-refractivity contribution in [3.63, 3.8) is 0 Å². The molecule has 7 heteroatoms. The monoisotopic (exact) mass is 292 g/mol. The summed E-state index contributed by atoms with van der Waals surface area (Å²) in [5.41, 5.74) is 5.13. The van der Waals surface area contributed by atoms with Gasteiger partial charge < -0.3 is 15.8 Å². The number of sulfone groups is 1. The van der Waals surface area contributed by atoms with Crippen molar-refractivity contribution in [1.82, 2.24) is 5.32 Å². The number of nitrogens with two attached hydrogens (primary N) is 1. The van der Waals surface area contributed by atoms with E-state index in [1.165, 1.54) is 0 Å². The fourth-order valence-electron chi connectivity index (χ4n) is 2.18. The van der Waals surface area contributed by atoms with Crippen molar-refractivity contribution in [3.05, 3.63) is 0 Å². The molecule has 0 spiro atoms. The lowest BCUT2D eigenvalue weighted by atomic mass is 9.91. The van der Waals surface area contributed by atoms with Crippen LogP contribution in [0, 0.1) is 0 Å². The van der Waals surface area contributed by atoms with Crippen molar-refractivity contribution < 1.29 is 17.9 Å². The van der Waals surface area contributed by atoms with Crippen LogP contribution in [-0.4, -0.2) is 37.3 Å². The minimum atomic E-state index is -3.43. The topological polar surface area (TPSA) is 98.5 Å². The highest BCUT2D eigenvalue weighted by atomic mass is 32.2. The number of alkyl carbamates (subject to hydrolysis) is 1. The van der Waals surface area contributed by atoms with E-state index in [9.17, 15) is 13.2 Å². The fraction of sp³-hybridized carbons (Fsp3) is 0.917. The zero-order valence-electron chi connectivity index (χ0n) is 12.0. The Morgan fingerprint density at radius 3 is 2.16 bits per heavy atom. The number of amides is 1. The quantitative estimate of drug-likeness (QED) is 0.795. The number of nitrogens with one attached hydrogen (secondary N) is 1. The van der Waals surface area contributed by atoms with Crippen molar-refractivity contribution in [1.29, 1.82) is 0 Å². The van der Waals surface area contributed by atoms with Crippen LogP contribution in [0.1, 0.15) is 46.5 Å². The lowest BCUT2D eigenvalue weighted by molar-refractivity contribution is 0.0471. The number of rotatable bonds is 2. The zero-order valence-corrected chi connectivity index (χ0v) is 12.8. The highest BCUT2D eigenvalue weighted by Crippen LogP contribution is 2.32. The molecule has 0 radical (unpaired) electrons. The van der Waals surface area contributed by atoms with Gasteiger partial charge in [-0.3, -0.25) is 0 Å². The van der Waals surface area contributed by atoms with Crippen LogP contribution in [0.3, 0.4) is 0 Å². The average Bonchev–Trinajstić information content (AvgIpc) is 2.17. The van der Waals surface area contributed by atoms with E-state index in [2.05, 4.69) is 5.32 Å². The predicted octanol–water partition coefficient (Wildman–Crippen LogP) is 1.15. The van der Waals surface area contributed by atoms with Crippen molar-refractivity contribution in [3.8, 4) is 0 Å². The van der Waals surface area contributed by atoms with Crippen LogP contribution in [0.15, 0.2) is 0 Å². The Labute approximate surface area is 115 Å². The van der Waals surface area contributed by atoms with E-state index in [0.29, 0.717) is 25.7 Å². The molecule has 1 amide bonds. The van der Waals surface area contributed by atoms with Gasteiger partial charge in [0.15, 0.2) is 9.84 Å². The molecule has 19 heavy (non-hydrogen) atoms. The molecule has 0 atom stereocenters. The van der Waals surface area contributed by atoms with Crippen LogP contribution in [0.2, 0.25) is 0 Å². The smallest absolute Gasteiger partial charge is 0.408 e. The van der Waals surface area contributed by atoms with Gasteiger partial charge in [-0.15, -0.1) is 0 Å². The van der Waals surface area contributed by atoms with Gasteiger partial charge in [-0.25, -0.2) is 13.2 Å². The lowest BCUT2D eigenvalue weighted by Crippen LogP contribution is -2.57. The second-order valence-corrected chi connectivity index (χ2v) is 8.56. The molecule has 0 unspecified atom stereocenters. The van der Waals surface area contributed by atoms with Gasteiger partial charge in [0.25, 0.3) is 0 Å². The highest BCUT2D eigenvalue weighted by molar-refractivity contribution is 7.92. The summed E-state index contributed by atoms with van der Waals surface area (Å²) < 4.78 is 29.2. The number of carbonyl (C=O) groups is 1. The Hall–Kier alpha value is -0.820. The maximum atomic E-state index is 12.0. The number of hydrogen-bond acceptors (Lipinski definition) is 5. The van der Waals surface area contributed by atoms with Crippen LogP contribution < -0.4 is 11.1 Å². The third-order valence-corrected chi connectivity index (χ3v) is 5.21. The van der Waals surface area contributed by atoms with Gasteiger partial charge in [0, 0.05) is 12.3 Å². The molecular formula is C12H24N2O4S. The second-order valence-electron chi connectivity index (χ2n) is 6.23. The summed E-state index contributed by atoms with van der Waals surface area (Å²) in [5.74, 6) is 0. The van der Waals surface area contributed by atoms with E-state index in [0.717, 1.165) is 6.26 Å². The van der Waals surface area contributed by atoms with E-state index in [-0.39, 0.29) is 6.04 Å². The second kappa shape index (κ2) is 5.28. The van der Waals surface area contributed by atoms with Crippen LogP contribution in [0.4, 0.5) is 4.79 Å². The van der Waals surface area contributed by atoms with E-state index in [4.69, 9.17) is 10.5 Å². The van der Waals surface area contributed by atoms with Gasteiger partial charge in [0.05, 0.1) is 0 Å². The maximum absolute atomic E-state index is 12.0. The molecule has 112 valence electrons. The Morgan fingerprint density at radius 1 is 1.32 bits per heavy atom. The van der Waals surface area contributed by atoms with Crippen LogP contribution in [0.5, 0.6) is 0 Å². The molecule has 0 bridgehead atoms. The minimum Gasteiger partial charge on any atom is -0.444 e. The first kappa shape index (κ1) is 16.2. The minimum absolute atomic E-state index is 0.00434. The summed E-state index contributed by atoms with van der Waals surface area (Å²) in [6.45, 7) is 5.20. The average molecular weight is 292 g/mol. The van der Waals surface area contributed by atoms with Crippen molar-refractivity contribution in [2.24, 2.45) is 5.73 Å². The first-order chi connectivity index (χ1) is 8.45. The first-order valence-electron chi connectivity index (χ1n) is 6.42. The Balaban J connectivity index is 2.86. The molecule has 0 heterocycles. The lowest BCUT2D eigenvalue weighted by Gasteiger charge is -2.38. The van der Waals surface area contributed by atoms with Gasteiger partial charge in [0.1, 0.15) is 10.5 Å². The summed E-state index contributed by atoms with van der Waals surface area (Å²) >= 11 is 0. The molecule has 6 nitrogen and oxygen atoms in total. The molecule has 1 aliphatic rings. The third-order valence-electron chi connectivity index (χ3n) is 3.28. The number of carbonyl (C=O) groups excluding carboxylic acids is 1. The summed E-state index contributed by atoms with van der Waals surface area (Å²) in [7, 11) is -3.43. The third kappa shape index (κ3) is 4.35. The Bertz CT molecular complexity index is 431. The largest absolute Gasteiger partial charge is 0.444 e. The molecule has 1 rings (SSSR count). The predicted molar refractivity (Wildman–Crippen MR) is 73.4 cm³/mol. The van der Waals surface area contributed by atoms with Gasteiger partial charge in [-0.1, -0.05) is 0 Å². The van der Waals surface area contributed by atoms with Gasteiger partial charge in [0.2, 0.25) is 0 Å². The van der Waals surface area contributed by atoms with E-state index < -0.39 is 26.4 Å². The van der Waals surface area contributed by atoms with Gasteiger partial charge in [-0.2, -0.15) is 0 Å². The fourth-order valence-corrected chi connectivity index (χ4v) is 3.43. The molecule has 1 aliphatic carbocycles. The van der Waals surface area contributed by atoms with Crippen LogP contribution >= 0.6 is 0 Å². The molecule has 3 N–H and O–H groups in total. The zero-order chi connectivity index (χ0) is 14.9. The molecule has 0 aromatic heterocycles. The summed E-state index contributed by atoms with van der Waals surface area (Å²) in [5, 5.41) is 2.54. The molecule has 0 saturated heterocycles. The van der Waals surface area contributed by atoms with Gasteiger partial charge in [-0.05, 0) is 46.5 Å². The molecular weight excluding hydrogens is 268 g/mol. The normalized spacial score (nSPS) is 28.8. The molecule has 1 saturated carbocycles. The first-order valence-corrected chi connectivity index (χ1v) is 8.31. The molecule has 0 aromatic carbocycles. The van der Waals surface area contributed by atoms with Crippen molar-refractivity contribution in [2.45, 2.75) is 63.0 Å². The highest BCUT2D eigenvalue weighted by Gasteiger charge is 2.45. The molecule has 0 aromatic rings. The van der Waals surface area contributed by atoms with Crippen molar-refractivity contribution >= 4 is 15.9 Å². The van der Waals surface area contributed by atoms with Crippen LogP contribution in [-0.2, 0) is 14.6 Å². The summed E-state index contributed by atoms with van der Waals surface area (Å²) in [4.78, 5) is 10.6.